The molecule has 12 heavy (non-hydrogen) atoms. The molecule has 1 aliphatic rings. The van der Waals surface area contributed by atoms with Crippen molar-refractivity contribution in [3.63, 3.8) is 0 Å². The Kier molecular flexibility index (Phi) is 1.78. The van der Waals surface area contributed by atoms with Crippen LogP contribution in [0.2, 0.25) is 0 Å². The SMILES string of the molecule is Cc1ccncc1C1=NCCO1. The summed E-state index contributed by atoms with van der Waals surface area (Å²) in [5.41, 5.74) is 2.17. The molecule has 0 saturated heterocycles. The summed E-state index contributed by atoms with van der Waals surface area (Å²) in [5, 5.41) is 0. The number of rotatable bonds is 1. The lowest BCUT2D eigenvalue weighted by atomic mass is 10.2. The van der Waals surface area contributed by atoms with Crippen molar-refractivity contribution in [3.05, 3.63) is 29.6 Å². The first-order valence-corrected chi connectivity index (χ1v) is 3.96. The van der Waals surface area contributed by atoms with Crippen molar-refractivity contribution in [3.8, 4) is 0 Å². The monoisotopic (exact) mass is 162 g/mol. The third-order valence-corrected chi connectivity index (χ3v) is 1.85. The number of aliphatic imine (C=N–C) groups is 1. The van der Waals surface area contributed by atoms with Crippen LogP contribution >= 0.6 is 0 Å². The van der Waals surface area contributed by atoms with Crippen LogP contribution in [0.5, 0.6) is 0 Å². The van der Waals surface area contributed by atoms with Gasteiger partial charge in [-0.15, -0.1) is 0 Å². The molecule has 0 amide bonds. The summed E-state index contributed by atoms with van der Waals surface area (Å²) < 4.78 is 5.33. The van der Waals surface area contributed by atoms with Crippen molar-refractivity contribution >= 4 is 5.90 Å². The van der Waals surface area contributed by atoms with Gasteiger partial charge in [0.1, 0.15) is 6.61 Å². The highest BCUT2D eigenvalue weighted by Crippen LogP contribution is 2.10. The Morgan fingerprint density at radius 1 is 1.50 bits per heavy atom. The first-order valence-electron chi connectivity index (χ1n) is 3.96. The third kappa shape index (κ3) is 1.18. The van der Waals surface area contributed by atoms with Crippen LogP contribution in [-0.4, -0.2) is 24.0 Å². The van der Waals surface area contributed by atoms with Gasteiger partial charge in [-0.1, -0.05) is 0 Å². The van der Waals surface area contributed by atoms with Crippen LogP contribution in [0, 0.1) is 6.92 Å². The lowest BCUT2D eigenvalue weighted by Gasteiger charge is -2.03. The van der Waals surface area contributed by atoms with E-state index in [-0.39, 0.29) is 0 Å². The summed E-state index contributed by atoms with van der Waals surface area (Å²) in [5.74, 6) is 0.737. The topological polar surface area (TPSA) is 34.5 Å². The van der Waals surface area contributed by atoms with Gasteiger partial charge in [0.05, 0.1) is 12.1 Å². The van der Waals surface area contributed by atoms with E-state index in [1.165, 1.54) is 0 Å². The van der Waals surface area contributed by atoms with Crippen LogP contribution in [0.3, 0.4) is 0 Å². The van der Waals surface area contributed by atoms with Gasteiger partial charge in [0.25, 0.3) is 0 Å². The van der Waals surface area contributed by atoms with Crippen molar-refractivity contribution in [1.29, 1.82) is 0 Å². The smallest absolute Gasteiger partial charge is 0.218 e. The van der Waals surface area contributed by atoms with Crippen LogP contribution in [0.4, 0.5) is 0 Å². The second-order valence-corrected chi connectivity index (χ2v) is 2.73. The molecule has 0 N–H and O–H groups in total. The minimum Gasteiger partial charge on any atom is -0.475 e. The van der Waals surface area contributed by atoms with E-state index < -0.39 is 0 Å². The molecule has 0 radical (unpaired) electrons. The van der Waals surface area contributed by atoms with Crippen LogP contribution in [0.25, 0.3) is 0 Å². The van der Waals surface area contributed by atoms with Gasteiger partial charge in [-0.2, -0.15) is 0 Å². The third-order valence-electron chi connectivity index (χ3n) is 1.85. The molecular formula is C9H10N2O. The van der Waals surface area contributed by atoms with E-state index >= 15 is 0 Å². The Balaban J connectivity index is 2.39. The molecule has 2 heterocycles. The molecule has 0 saturated carbocycles. The minimum absolute atomic E-state index is 0.698. The lowest BCUT2D eigenvalue weighted by Crippen LogP contribution is -2.03. The van der Waals surface area contributed by atoms with E-state index in [0.717, 1.165) is 23.6 Å². The maximum atomic E-state index is 5.33. The lowest BCUT2D eigenvalue weighted by molar-refractivity contribution is 0.348. The van der Waals surface area contributed by atoms with E-state index in [0.29, 0.717) is 6.61 Å². The molecule has 1 aromatic heterocycles. The molecule has 0 bridgehead atoms. The number of ether oxygens (including phenoxy) is 1. The number of pyridine rings is 1. The fourth-order valence-electron chi connectivity index (χ4n) is 1.19. The van der Waals surface area contributed by atoms with Crippen molar-refractivity contribution in [2.75, 3.05) is 13.2 Å². The zero-order valence-electron chi connectivity index (χ0n) is 6.95. The minimum atomic E-state index is 0.698. The number of nitrogens with zero attached hydrogens (tertiary/aromatic N) is 2. The summed E-state index contributed by atoms with van der Waals surface area (Å²) in [4.78, 5) is 8.25. The number of aryl methyl sites for hydroxylation is 1. The summed E-state index contributed by atoms with van der Waals surface area (Å²) in [6, 6.07) is 1.96. The summed E-state index contributed by atoms with van der Waals surface area (Å²) in [7, 11) is 0. The predicted octanol–water partition coefficient (Wildman–Crippen LogP) is 1.17. The number of hydrogen-bond acceptors (Lipinski definition) is 3. The van der Waals surface area contributed by atoms with Crippen molar-refractivity contribution in [2.24, 2.45) is 4.99 Å². The second kappa shape index (κ2) is 2.93. The number of aromatic nitrogens is 1. The molecule has 1 aromatic rings. The first-order chi connectivity index (χ1) is 5.88. The van der Waals surface area contributed by atoms with Crippen LogP contribution in [0.1, 0.15) is 11.1 Å². The van der Waals surface area contributed by atoms with Crippen LogP contribution in [0.15, 0.2) is 23.5 Å². The van der Waals surface area contributed by atoms with E-state index in [2.05, 4.69) is 9.98 Å². The van der Waals surface area contributed by atoms with E-state index in [1.807, 2.05) is 13.0 Å². The molecule has 0 unspecified atom stereocenters. The van der Waals surface area contributed by atoms with Gasteiger partial charge in [0, 0.05) is 12.4 Å². The maximum Gasteiger partial charge on any atom is 0.218 e. The Bertz CT molecular complexity index is 320. The van der Waals surface area contributed by atoms with E-state index in [9.17, 15) is 0 Å². The fraction of sp³-hybridized carbons (Fsp3) is 0.333. The maximum absolute atomic E-state index is 5.33. The van der Waals surface area contributed by atoms with Gasteiger partial charge in [0.2, 0.25) is 5.90 Å². The van der Waals surface area contributed by atoms with E-state index in [4.69, 9.17) is 4.74 Å². The average molecular weight is 162 g/mol. The molecule has 3 heteroatoms. The highest BCUT2D eigenvalue weighted by Gasteiger charge is 2.11. The quantitative estimate of drug-likeness (QED) is 0.621. The molecule has 0 fully saturated rings. The van der Waals surface area contributed by atoms with Gasteiger partial charge in [0.15, 0.2) is 0 Å². The van der Waals surface area contributed by atoms with Gasteiger partial charge >= 0.3 is 0 Å². The summed E-state index contributed by atoms with van der Waals surface area (Å²) >= 11 is 0. The van der Waals surface area contributed by atoms with Gasteiger partial charge < -0.3 is 4.74 Å². The number of hydrogen-bond donors (Lipinski definition) is 0. The molecule has 0 atom stereocenters. The average Bonchev–Trinajstić information content (AvgIpc) is 2.57. The Labute approximate surface area is 71.1 Å². The molecule has 2 rings (SSSR count). The largest absolute Gasteiger partial charge is 0.475 e. The molecule has 0 aromatic carbocycles. The van der Waals surface area contributed by atoms with Crippen LogP contribution < -0.4 is 0 Å². The molecule has 3 nitrogen and oxygen atoms in total. The Morgan fingerprint density at radius 2 is 2.42 bits per heavy atom. The van der Waals surface area contributed by atoms with Crippen molar-refractivity contribution in [2.45, 2.75) is 6.92 Å². The van der Waals surface area contributed by atoms with Crippen molar-refractivity contribution in [1.82, 2.24) is 4.98 Å². The normalized spacial score (nSPS) is 15.6. The van der Waals surface area contributed by atoms with Crippen molar-refractivity contribution < 1.29 is 4.74 Å². The summed E-state index contributed by atoms with van der Waals surface area (Å²) in [6.45, 7) is 3.49. The second-order valence-electron chi connectivity index (χ2n) is 2.73. The summed E-state index contributed by atoms with van der Waals surface area (Å²) in [6.07, 6.45) is 3.56. The van der Waals surface area contributed by atoms with Gasteiger partial charge in [-0.3, -0.25) is 4.98 Å². The first kappa shape index (κ1) is 7.28. The van der Waals surface area contributed by atoms with Gasteiger partial charge in [-0.25, -0.2) is 4.99 Å². The predicted molar refractivity (Wildman–Crippen MR) is 46.3 cm³/mol. The van der Waals surface area contributed by atoms with E-state index in [1.54, 1.807) is 12.4 Å². The highest BCUT2D eigenvalue weighted by molar-refractivity contribution is 5.95. The molecule has 0 aliphatic carbocycles. The molecular weight excluding hydrogens is 152 g/mol. The van der Waals surface area contributed by atoms with Gasteiger partial charge in [-0.05, 0) is 18.6 Å². The highest BCUT2D eigenvalue weighted by atomic mass is 16.5. The molecule has 0 spiro atoms. The zero-order chi connectivity index (χ0) is 8.39. The molecule has 1 aliphatic heterocycles. The Morgan fingerprint density at radius 3 is 3.08 bits per heavy atom. The van der Waals surface area contributed by atoms with Crippen LogP contribution in [-0.2, 0) is 4.74 Å². The zero-order valence-corrected chi connectivity index (χ0v) is 6.95. The Hall–Kier alpha value is -1.38. The molecule has 62 valence electrons. The standard InChI is InChI=1S/C9H10N2O/c1-7-2-3-10-6-8(7)9-11-4-5-12-9/h2-3,6H,4-5H2,1H3. The fourth-order valence-corrected chi connectivity index (χ4v) is 1.19.